The summed E-state index contributed by atoms with van der Waals surface area (Å²) in [6, 6.07) is 15.0. The first-order valence-electron chi connectivity index (χ1n) is 10.2. The molecule has 2 aromatic carbocycles. The molecule has 0 radical (unpaired) electrons. The van der Waals surface area contributed by atoms with E-state index in [1.54, 1.807) is 12.1 Å². The molecule has 1 N–H and O–H groups in total. The van der Waals surface area contributed by atoms with Crippen LogP contribution in [0.2, 0.25) is 5.15 Å². The smallest absolute Gasteiger partial charge is 0.295 e. The maximum Gasteiger partial charge on any atom is 0.295 e. The Bertz CT molecular complexity index is 1300. The van der Waals surface area contributed by atoms with Crippen LogP contribution in [0.3, 0.4) is 0 Å². The van der Waals surface area contributed by atoms with Gasteiger partial charge in [-0.15, -0.1) is 0 Å². The zero-order chi connectivity index (χ0) is 22.7. The average molecular weight is 454 g/mol. The van der Waals surface area contributed by atoms with Crippen molar-refractivity contribution < 1.29 is 9.18 Å². The first kappa shape index (κ1) is 21.7. The van der Waals surface area contributed by atoms with Crippen LogP contribution in [0.4, 0.5) is 4.39 Å². The second kappa shape index (κ2) is 9.32. The van der Waals surface area contributed by atoms with Crippen LogP contribution in [0.5, 0.6) is 0 Å². The molecule has 2 aromatic heterocycles. The number of para-hydroxylation sites is 1. The maximum atomic E-state index is 13.0. The molecule has 164 valence electrons. The lowest BCUT2D eigenvalue weighted by Gasteiger charge is -2.14. The van der Waals surface area contributed by atoms with Crippen LogP contribution in [0.1, 0.15) is 31.4 Å². The van der Waals surface area contributed by atoms with E-state index >= 15 is 0 Å². The number of halogens is 2. The summed E-state index contributed by atoms with van der Waals surface area (Å²) < 4.78 is 15.8. The highest BCUT2D eigenvalue weighted by Crippen LogP contribution is 2.23. The Balaban J connectivity index is 1.41. The number of amides is 1. The lowest BCUT2D eigenvalue weighted by Crippen LogP contribution is -2.28. The number of carbonyl (C=O) groups is 1. The Morgan fingerprint density at radius 3 is 2.59 bits per heavy atom. The molecule has 0 aliphatic carbocycles. The molecule has 1 unspecified atom stereocenters. The van der Waals surface area contributed by atoms with Crippen LogP contribution in [-0.2, 0) is 11.3 Å². The summed E-state index contributed by atoms with van der Waals surface area (Å²) in [5.74, 6) is -0.482. The predicted molar refractivity (Wildman–Crippen MR) is 120 cm³/mol. The van der Waals surface area contributed by atoms with Gasteiger partial charge in [-0.1, -0.05) is 41.9 Å². The van der Waals surface area contributed by atoms with E-state index in [-0.39, 0.29) is 41.8 Å². The van der Waals surface area contributed by atoms with Gasteiger partial charge in [0.2, 0.25) is 5.91 Å². The Labute approximate surface area is 188 Å². The van der Waals surface area contributed by atoms with E-state index < -0.39 is 0 Å². The third kappa shape index (κ3) is 4.55. The van der Waals surface area contributed by atoms with Crippen LogP contribution in [0, 0.1) is 5.82 Å². The van der Waals surface area contributed by atoms with Gasteiger partial charge in [0.15, 0.2) is 5.52 Å². The number of rotatable bonds is 7. The number of fused-ring (bicyclic) bond motifs is 1. The zero-order valence-electron chi connectivity index (χ0n) is 17.3. The number of aromatic nitrogens is 4. The first-order chi connectivity index (χ1) is 15.4. The second-order valence-corrected chi connectivity index (χ2v) is 7.78. The monoisotopic (exact) mass is 453 g/mol. The Hall–Kier alpha value is -3.52. The normalized spacial score (nSPS) is 12.1. The molecule has 1 amide bonds. The number of carbonyl (C=O) groups excluding carboxylic acids is 1. The summed E-state index contributed by atoms with van der Waals surface area (Å²) in [5.41, 5.74) is 1.42. The number of nitrogens with zero attached hydrogens (tertiary/aromatic N) is 4. The van der Waals surface area contributed by atoms with Crippen molar-refractivity contribution in [1.82, 2.24) is 24.9 Å². The summed E-state index contributed by atoms with van der Waals surface area (Å²) in [5, 5.41) is 12.2. The van der Waals surface area contributed by atoms with Gasteiger partial charge in [0.1, 0.15) is 11.0 Å². The fourth-order valence-electron chi connectivity index (χ4n) is 3.42. The fraction of sp³-hybridized carbons (Fsp3) is 0.217. The van der Waals surface area contributed by atoms with Gasteiger partial charge in [0.05, 0.1) is 23.3 Å². The molecule has 0 spiro atoms. The molecular formula is C23H21ClFN5O2. The van der Waals surface area contributed by atoms with Gasteiger partial charge >= 0.3 is 0 Å². The summed E-state index contributed by atoms with van der Waals surface area (Å²) in [7, 11) is 0. The Kier molecular flexibility index (Phi) is 6.32. The molecule has 1 atom stereocenters. The molecule has 0 fully saturated rings. The van der Waals surface area contributed by atoms with E-state index in [9.17, 15) is 14.0 Å². The van der Waals surface area contributed by atoms with Gasteiger partial charge in [-0.3, -0.25) is 9.59 Å². The minimum Gasteiger partial charge on any atom is -0.350 e. The third-order valence-electron chi connectivity index (χ3n) is 5.15. The summed E-state index contributed by atoms with van der Waals surface area (Å²) >= 11 is 6.41. The molecule has 0 saturated heterocycles. The zero-order valence-corrected chi connectivity index (χ0v) is 18.1. The van der Waals surface area contributed by atoms with Crippen molar-refractivity contribution in [2.45, 2.75) is 32.4 Å². The summed E-state index contributed by atoms with van der Waals surface area (Å²) in [6.45, 7) is 2.10. The standard InChI is InChI=1S/C23H21ClFN5O2/c1-15(16-9-11-17(25)12-10-16)27-20(31)8-5-13-29-23(32)21-19(14-26-29)22(24)30(28-21)18-6-3-2-4-7-18/h2-4,6-7,9-12,14-15H,5,8,13H2,1H3,(H,27,31). The molecule has 0 aliphatic rings. The van der Waals surface area contributed by atoms with Crippen molar-refractivity contribution >= 4 is 28.4 Å². The molecule has 2 heterocycles. The lowest BCUT2D eigenvalue weighted by atomic mass is 10.1. The van der Waals surface area contributed by atoms with Gasteiger partial charge in [0.25, 0.3) is 5.56 Å². The van der Waals surface area contributed by atoms with E-state index in [1.165, 1.54) is 27.7 Å². The molecule has 0 bridgehead atoms. The van der Waals surface area contributed by atoms with Gasteiger partial charge in [-0.05, 0) is 43.2 Å². The SMILES string of the molecule is CC(NC(=O)CCCn1ncc2c(Cl)n(-c3ccccc3)nc2c1=O)c1ccc(F)cc1. The van der Waals surface area contributed by atoms with Crippen molar-refractivity contribution in [1.29, 1.82) is 0 Å². The fourth-order valence-corrected chi connectivity index (χ4v) is 3.70. The topological polar surface area (TPSA) is 81.8 Å². The Morgan fingerprint density at radius 1 is 1.16 bits per heavy atom. The third-order valence-corrected chi connectivity index (χ3v) is 5.51. The van der Waals surface area contributed by atoms with Crippen molar-refractivity contribution in [3.8, 4) is 5.69 Å². The number of benzene rings is 2. The van der Waals surface area contributed by atoms with Crippen LogP contribution in [-0.4, -0.2) is 25.5 Å². The van der Waals surface area contributed by atoms with Crippen LogP contribution >= 0.6 is 11.6 Å². The number of hydrogen-bond donors (Lipinski definition) is 1. The molecule has 9 heteroatoms. The molecule has 0 saturated carbocycles. The summed E-state index contributed by atoms with van der Waals surface area (Å²) in [6.07, 6.45) is 2.16. The first-order valence-corrected chi connectivity index (χ1v) is 10.6. The largest absolute Gasteiger partial charge is 0.350 e. The minimum atomic E-state index is -0.362. The quantitative estimate of drug-likeness (QED) is 0.458. The van der Waals surface area contributed by atoms with Gasteiger partial charge in [0, 0.05) is 13.0 Å². The van der Waals surface area contributed by atoms with E-state index in [0.717, 1.165) is 11.3 Å². The van der Waals surface area contributed by atoms with Crippen molar-refractivity contribution in [2.75, 3.05) is 0 Å². The number of nitrogens with one attached hydrogen (secondary N) is 1. The number of aryl methyl sites for hydroxylation is 1. The van der Waals surface area contributed by atoms with E-state index in [0.29, 0.717) is 17.0 Å². The van der Waals surface area contributed by atoms with E-state index in [4.69, 9.17) is 11.6 Å². The van der Waals surface area contributed by atoms with Crippen molar-refractivity contribution in [2.24, 2.45) is 0 Å². The molecule has 0 aliphatic heterocycles. The van der Waals surface area contributed by atoms with Crippen molar-refractivity contribution in [3.63, 3.8) is 0 Å². The predicted octanol–water partition coefficient (Wildman–Crippen LogP) is 4.03. The van der Waals surface area contributed by atoms with E-state index in [1.807, 2.05) is 37.3 Å². The van der Waals surface area contributed by atoms with Crippen LogP contribution in [0.15, 0.2) is 65.6 Å². The van der Waals surface area contributed by atoms with Crippen LogP contribution in [0.25, 0.3) is 16.6 Å². The molecular weight excluding hydrogens is 433 g/mol. The highest BCUT2D eigenvalue weighted by molar-refractivity contribution is 6.34. The Morgan fingerprint density at radius 2 is 1.88 bits per heavy atom. The maximum absolute atomic E-state index is 13.0. The minimum absolute atomic E-state index is 0.160. The second-order valence-electron chi connectivity index (χ2n) is 7.42. The van der Waals surface area contributed by atoms with Gasteiger partial charge < -0.3 is 5.32 Å². The summed E-state index contributed by atoms with van der Waals surface area (Å²) in [4.78, 5) is 25.1. The molecule has 4 aromatic rings. The van der Waals surface area contributed by atoms with Crippen molar-refractivity contribution in [3.05, 3.63) is 87.7 Å². The molecule has 7 nitrogen and oxygen atoms in total. The van der Waals surface area contributed by atoms with Gasteiger partial charge in [-0.2, -0.15) is 10.2 Å². The molecule has 4 rings (SSSR count). The van der Waals surface area contributed by atoms with E-state index in [2.05, 4.69) is 15.5 Å². The lowest BCUT2D eigenvalue weighted by molar-refractivity contribution is -0.121. The van der Waals surface area contributed by atoms with Crippen LogP contribution < -0.4 is 10.9 Å². The molecule has 32 heavy (non-hydrogen) atoms. The highest BCUT2D eigenvalue weighted by Gasteiger charge is 2.16. The highest BCUT2D eigenvalue weighted by atomic mass is 35.5. The average Bonchev–Trinajstić information content (AvgIpc) is 3.13. The van der Waals surface area contributed by atoms with Gasteiger partial charge in [-0.25, -0.2) is 13.8 Å². The number of hydrogen-bond acceptors (Lipinski definition) is 4.